The first-order valence-electron chi connectivity index (χ1n) is 5.92. The summed E-state index contributed by atoms with van der Waals surface area (Å²) in [5.41, 5.74) is 1.09. The summed E-state index contributed by atoms with van der Waals surface area (Å²) in [4.78, 5) is 0. The number of nitrogens with one attached hydrogen (secondary N) is 1. The smallest absolute Gasteiger partial charge is 0.137 e. The second kappa shape index (κ2) is 5.94. The monoisotopic (exact) mass is 301 g/mol. The van der Waals surface area contributed by atoms with Crippen molar-refractivity contribution >= 4 is 15.9 Å². The Morgan fingerprint density at radius 1 is 1.59 bits per heavy atom. The van der Waals surface area contributed by atoms with Gasteiger partial charge in [-0.1, -0.05) is 6.07 Å². The third-order valence-corrected chi connectivity index (χ3v) is 3.89. The zero-order valence-electron chi connectivity index (χ0n) is 9.88. The zero-order valence-corrected chi connectivity index (χ0v) is 11.5. The van der Waals surface area contributed by atoms with Crippen LogP contribution in [0.1, 0.15) is 18.9 Å². The van der Waals surface area contributed by atoms with E-state index in [0.29, 0.717) is 16.4 Å². The van der Waals surface area contributed by atoms with Crippen LogP contribution < -0.4 is 5.32 Å². The van der Waals surface area contributed by atoms with Gasteiger partial charge < -0.3 is 10.1 Å². The van der Waals surface area contributed by atoms with Crippen molar-refractivity contribution in [2.24, 2.45) is 5.92 Å². The molecule has 0 aromatic heterocycles. The Bertz CT molecular complexity index is 380. The third-order valence-electron chi connectivity index (χ3n) is 3.28. The van der Waals surface area contributed by atoms with Crippen LogP contribution in [0.5, 0.6) is 0 Å². The van der Waals surface area contributed by atoms with Crippen LogP contribution in [0.4, 0.5) is 4.39 Å². The number of rotatable bonds is 4. The maximum atomic E-state index is 13.1. The minimum Gasteiger partial charge on any atom is -0.381 e. The lowest BCUT2D eigenvalue weighted by Crippen LogP contribution is -2.33. The van der Waals surface area contributed by atoms with Crippen LogP contribution >= 0.6 is 15.9 Å². The molecule has 0 radical (unpaired) electrons. The third kappa shape index (κ3) is 3.50. The molecule has 2 nitrogen and oxygen atoms in total. The van der Waals surface area contributed by atoms with E-state index in [9.17, 15) is 4.39 Å². The van der Waals surface area contributed by atoms with Gasteiger partial charge >= 0.3 is 0 Å². The Morgan fingerprint density at radius 3 is 3.06 bits per heavy atom. The van der Waals surface area contributed by atoms with Gasteiger partial charge in [0, 0.05) is 19.2 Å². The fraction of sp³-hybridized carbons (Fsp3) is 0.538. The fourth-order valence-corrected chi connectivity index (χ4v) is 2.47. The van der Waals surface area contributed by atoms with E-state index in [-0.39, 0.29) is 5.82 Å². The average molecular weight is 302 g/mol. The lowest BCUT2D eigenvalue weighted by molar-refractivity contribution is 0.178. The molecule has 1 fully saturated rings. The summed E-state index contributed by atoms with van der Waals surface area (Å²) in [7, 11) is 0. The highest BCUT2D eigenvalue weighted by molar-refractivity contribution is 9.10. The van der Waals surface area contributed by atoms with Crippen molar-refractivity contribution in [2.45, 2.75) is 25.9 Å². The van der Waals surface area contributed by atoms with Crippen LogP contribution in [-0.2, 0) is 11.3 Å². The highest BCUT2D eigenvalue weighted by atomic mass is 79.9. The van der Waals surface area contributed by atoms with Gasteiger partial charge in [0.1, 0.15) is 5.82 Å². The topological polar surface area (TPSA) is 21.3 Å². The molecule has 1 aliphatic rings. The Morgan fingerprint density at radius 2 is 2.41 bits per heavy atom. The molecule has 1 aromatic carbocycles. The van der Waals surface area contributed by atoms with E-state index in [2.05, 4.69) is 28.2 Å². The Labute approximate surface area is 110 Å². The van der Waals surface area contributed by atoms with Gasteiger partial charge in [0.05, 0.1) is 11.1 Å². The van der Waals surface area contributed by atoms with Gasteiger partial charge in [-0.25, -0.2) is 4.39 Å². The normalized spacial score (nSPS) is 21.7. The van der Waals surface area contributed by atoms with Gasteiger partial charge in [0.2, 0.25) is 0 Å². The highest BCUT2D eigenvalue weighted by Gasteiger charge is 2.21. The van der Waals surface area contributed by atoms with Crippen molar-refractivity contribution in [3.63, 3.8) is 0 Å². The fourth-order valence-electron chi connectivity index (χ4n) is 2.04. The van der Waals surface area contributed by atoms with Crippen LogP contribution in [0.25, 0.3) is 0 Å². The van der Waals surface area contributed by atoms with Crippen molar-refractivity contribution in [3.8, 4) is 0 Å². The first kappa shape index (κ1) is 13.0. The summed E-state index contributed by atoms with van der Waals surface area (Å²) < 4.78 is 18.9. The van der Waals surface area contributed by atoms with Crippen molar-refractivity contribution < 1.29 is 9.13 Å². The largest absolute Gasteiger partial charge is 0.381 e. The average Bonchev–Trinajstić information content (AvgIpc) is 2.84. The zero-order chi connectivity index (χ0) is 12.3. The van der Waals surface area contributed by atoms with E-state index in [1.165, 1.54) is 6.07 Å². The number of hydrogen-bond acceptors (Lipinski definition) is 2. The molecule has 4 heteroatoms. The predicted octanol–water partition coefficient (Wildman–Crippen LogP) is 3.10. The maximum Gasteiger partial charge on any atom is 0.137 e. The quantitative estimate of drug-likeness (QED) is 0.923. The summed E-state index contributed by atoms with van der Waals surface area (Å²) in [6, 6.07) is 5.55. The van der Waals surface area contributed by atoms with Gasteiger partial charge in [-0.2, -0.15) is 0 Å². The van der Waals surface area contributed by atoms with Crippen molar-refractivity contribution in [1.82, 2.24) is 5.32 Å². The molecule has 1 aliphatic heterocycles. The van der Waals surface area contributed by atoms with E-state index in [4.69, 9.17) is 4.74 Å². The van der Waals surface area contributed by atoms with E-state index in [1.54, 1.807) is 0 Å². The molecular weight excluding hydrogens is 285 g/mol. The number of hydrogen-bond donors (Lipinski definition) is 1. The van der Waals surface area contributed by atoms with E-state index in [0.717, 1.165) is 31.7 Å². The minimum absolute atomic E-state index is 0.217. The summed E-state index contributed by atoms with van der Waals surface area (Å²) in [6.07, 6.45) is 1.13. The molecule has 0 bridgehead atoms. The number of benzene rings is 1. The summed E-state index contributed by atoms with van der Waals surface area (Å²) in [6.45, 7) is 4.66. The maximum absolute atomic E-state index is 13.1. The molecule has 2 rings (SSSR count). The summed E-state index contributed by atoms with van der Waals surface area (Å²) in [5, 5.41) is 3.46. The molecule has 2 atom stereocenters. The Balaban J connectivity index is 1.86. The standard InChI is InChI=1S/C13H17BrFNO/c1-9(11-4-5-17-8-11)16-7-10-2-3-13(15)12(14)6-10/h2-3,6,9,11,16H,4-5,7-8H2,1H3/t9-,11+/m1/s1. The molecule has 1 aromatic rings. The van der Waals surface area contributed by atoms with Crippen LogP contribution in [0.3, 0.4) is 0 Å². The van der Waals surface area contributed by atoms with Gasteiger partial charge in [0.25, 0.3) is 0 Å². The first-order valence-corrected chi connectivity index (χ1v) is 6.71. The van der Waals surface area contributed by atoms with Crippen LogP contribution in [0, 0.1) is 11.7 Å². The number of ether oxygens (including phenoxy) is 1. The number of halogens is 2. The second-order valence-corrected chi connectivity index (χ2v) is 5.40. The molecular formula is C13H17BrFNO. The van der Waals surface area contributed by atoms with E-state index in [1.807, 2.05) is 12.1 Å². The molecule has 0 amide bonds. The predicted molar refractivity (Wildman–Crippen MR) is 69.3 cm³/mol. The SMILES string of the molecule is C[C@@H](NCc1ccc(F)c(Br)c1)[C@H]1CCOC1. The summed E-state index contributed by atoms with van der Waals surface area (Å²) >= 11 is 3.20. The first-order chi connectivity index (χ1) is 8.16. The molecule has 94 valence electrons. The molecule has 0 saturated carbocycles. The van der Waals surface area contributed by atoms with Gasteiger partial charge in [-0.05, 0) is 52.9 Å². The van der Waals surface area contributed by atoms with Crippen LogP contribution in [0.2, 0.25) is 0 Å². The molecule has 1 heterocycles. The molecule has 17 heavy (non-hydrogen) atoms. The van der Waals surface area contributed by atoms with E-state index < -0.39 is 0 Å². The molecule has 1 N–H and O–H groups in total. The van der Waals surface area contributed by atoms with Crippen molar-refractivity contribution in [3.05, 3.63) is 34.1 Å². The summed E-state index contributed by atoms with van der Waals surface area (Å²) in [5.74, 6) is 0.380. The van der Waals surface area contributed by atoms with Crippen LogP contribution in [-0.4, -0.2) is 19.3 Å². The molecule has 1 saturated heterocycles. The van der Waals surface area contributed by atoms with Crippen molar-refractivity contribution in [2.75, 3.05) is 13.2 Å². The van der Waals surface area contributed by atoms with Crippen molar-refractivity contribution in [1.29, 1.82) is 0 Å². The Hall–Kier alpha value is -0.450. The van der Waals surface area contributed by atoms with E-state index >= 15 is 0 Å². The highest BCUT2D eigenvalue weighted by Crippen LogP contribution is 2.19. The van der Waals surface area contributed by atoms with Crippen LogP contribution in [0.15, 0.2) is 22.7 Å². The van der Waals surface area contributed by atoms with Gasteiger partial charge in [-0.3, -0.25) is 0 Å². The van der Waals surface area contributed by atoms with Gasteiger partial charge in [0.15, 0.2) is 0 Å². The lowest BCUT2D eigenvalue weighted by atomic mass is 10.0. The Kier molecular flexibility index (Phi) is 4.54. The molecule has 0 aliphatic carbocycles. The van der Waals surface area contributed by atoms with Gasteiger partial charge in [-0.15, -0.1) is 0 Å². The molecule has 0 unspecified atom stereocenters. The lowest BCUT2D eigenvalue weighted by Gasteiger charge is -2.19. The molecule has 0 spiro atoms. The minimum atomic E-state index is -0.217. The second-order valence-electron chi connectivity index (χ2n) is 4.54.